The van der Waals surface area contributed by atoms with Crippen LogP contribution in [0.5, 0.6) is 0 Å². The van der Waals surface area contributed by atoms with E-state index in [0.29, 0.717) is 30.2 Å². The number of rotatable bonds is 4. The lowest BCUT2D eigenvalue weighted by atomic mass is 9.54. The van der Waals surface area contributed by atoms with E-state index in [1.54, 1.807) is 6.07 Å². The van der Waals surface area contributed by atoms with Gasteiger partial charge in [0.25, 0.3) is 5.91 Å². The first-order valence-corrected chi connectivity index (χ1v) is 10.9. The Morgan fingerprint density at radius 3 is 2.44 bits per heavy atom. The highest BCUT2D eigenvalue weighted by atomic mass is 79.9. The lowest BCUT2D eigenvalue weighted by Gasteiger charge is -2.54. The second-order valence-corrected chi connectivity index (χ2v) is 9.63. The summed E-state index contributed by atoms with van der Waals surface area (Å²) in [4.78, 5) is 12.8. The van der Waals surface area contributed by atoms with Crippen molar-refractivity contribution in [2.24, 2.45) is 23.7 Å². The van der Waals surface area contributed by atoms with Gasteiger partial charge >= 0.3 is 0 Å². The molecule has 6 heteroatoms. The third-order valence-corrected chi connectivity index (χ3v) is 8.16. The molecule has 4 aliphatic carbocycles. The fraction of sp³-hybridized carbons (Fsp3) is 0.619. The van der Waals surface area contributed by atoms with Gasteiger partial charge in [0.15, 0.2) is 5.76 Å². The van der Waals surface area contributed by atoms with Gasteiger partial charge in [0.05, 0.1) is 22.4 Å². The Hall–Kier alpha value is -1.56. The quantitative estimate of drug-likeness (QED) is 0.776. The zero-order chi connectivity index (χ0) is 18.7. The van der Waals surface area contributed by atoms with Crippen LogP contribution in [0.3, 0.4) is 0 Å². The molecule has 144 valence electrons. The van der Waals surface area contributed by atoms with E-state index in [9.17, 15) is 4.79 Å². The maximum absolute atomic E-state index is 12.8. The first-order valence-electron chi connectivity index (χ1n) is 10.1. The van der Waals surface area contributed by atoms with Crippen LogP contribution in [0, 0.1) is 37.5 Å². The lowest BCUT2D eigenvalue weighted by molar-refractivity contribution is -0.0123. The van der Waals surface area contributed by atoms with Crippen LogP contribution in [0.2, 0.25) is 0 Å². The van der Waals surface area contributed by atoms with Crippen molar-refractivity contribution >= 4 is 21.8 Å². The molecule has 0 spiro atoms. The third-order valence-electron chi connectivity index (χ3n) is 7.01. The Morgan fingerprint density at radius 2 is 1.85 bits per heavy atom. The van der Waals surface area contributed by atoms with Crippen LogP contribution in [0.1, 0.15) is 59.8 Å². The maximum Gasteiger partial charge on any atom is 0.287 e. The predicted octanol–water partition coefficient (Wildman–Crippen LogP) is 4.46. The van der Waals surface area contributed by atoms with Gasteiger partial charge < -0.3 is 9.73 Å². The van der Waals surface area contributed by atoms with Crippen molar-refractivity contribution in [1.82, 2.24) is 15.1 Å². The molecule has 4 fully saturated rings. The molecule has 0 saturated heterocycles. The van der Waals surface area contributed by atoms with E-state index in [-0.39, 0.29) is 5.91 Å². The first kappa shape index (κ1) is 17.5. The van der Waals surface area contributed by atoms with E-state index >= 15 is 0 Å². The molecule has 0 aromatic carbocycles. The van der Waals surface area contributed by atoms with Gasteiger partial charge in [0, 0.05) is 6.04 Å². The maximum atomic E-state index is 12.8. The van der Waals surface area contributed by atoms with Crippen LogP contribution in [-0.2, 0) is 6.54 Å². The number of nitrogens with one attached hydrogen (secondary N) is 1. The minimum atomic E-state index is -0.0618. The molecule has 2 heterocycles. The van der Waals surface area contributed by atoms with E-state index in [1.807, 2.05) is 24.6 Å². The van der Waals surface area contributed by atoms with Crippen molar-refractivity contribution in [3.63, 3.8) is 0 Å². The number of hydrogen-bond acceptors (Lipinski definition) is 3. The van der Waals surface area contributed by atoms with Crippen molar-refractivity contribution in [3.05, 3.63) is 39.5 Å². The fourth-order valence-electron chi connectivity index (χ4n) is 5.94. The number of aromatic nitrogens is 2. The summed E-state index contributed by atoms with van der Waals surface area (Å²) in [7, 11) is 0. The van der Waals surface area contributed by atoms with Crippen molar-refractivity contribution in [1.29, 1.82) is 0 Å². The van der Waals surface area contributed by atoms with Gasteiger partial charge in [0.2, 0.25) is 0 Å². The smallest absolute Gasteiger partial charge is 0.287 e. The Morgan fingerprint density at radius 1 is 1.19 bits per heavy atom. The Kier molecular flexibility index (Phi) is 4.22. The van der Waals surface area contributed by atoms with E-state index in [1.165, 1.54) is 32.1 Å². The molecule has 2 aromatic rings. The van der Waals surface area contributed by atoms with E-state index < -0.39 is 0 Å². The van der Waals surface area contributed by atoms with Gasteiger partial charge in [-0.3, -0.25) is 9.48 Å². The summed E-state index contributed by atoms with van der Waals surface area (Å²) in [5, 5.41) is 7.83. The van der Waals surface area contributed by atoms with E-state index in [0.717, 1.165) is 33.5 Å². The number of halogens is 1. The highest BCUT2D eigenvalue weighted by Gasteiger charge is 2.48. The summed E-state index contributed by atoms with van der Waals surface area (Å²) in [6, 6.07) is 4.02. The summed E-state index contributed by atoms with van der Waals surface area (Å²) < 4.78 is 8.78. The Labute approximate surface area is 168 Å². The second kappa shape index (κ2) is 6.50. The number of carbonyl (C=O) groups excluding carboxylic acids is 1. The zero-order valence-electron chi connectivity index (χ0n) is 15.9. The predicted molar refractivity (Wildman–Crippen MR) is 106 cm³/mol. The molecular formula is C21H26BrN3O2. The summed E-state index contributed by atoms with van der Waals surface area (Å²) in [6.07, 6.45) is 6.63. The van der Waals surface area contributed by atoms with Crippen LogP contribution in [0.15, 0.2) is 21.0 Å². The standard InChI is InChI=1S/C21H26BrN3O2/c1-11-19(22)12(2)25(24-11)10-17-3-4-18(27-17)21(26)23-20-15-6-13-5-14(8-15)9-16(20)7-13/h3-4,13-16,20H,5-10H2,1-2H3,(H,23,26). The first-order chi connectivity index (χ1) is 13.0. The molecule has 4 aliphatic rings. The highest BCUT2D eigenvalue weighted by molar-refractivity contribution is 9.10. The molecule has 0 aliphatic heterocycles. The SMILES string of the molecule is Cc1nn(Cc2ccc(C(=O)NC3C4CC5CC(C4)CC3C5)o2)c(C)c1Br. The van der Waals surface area contributed by atoms with E-state index in [4.69, 9.17) is 4.42 Å². The number of hydrogen-bond donors (Lipinski definition) is 1. The minimum absolute atomic E-state index is 0.0618. The van der Waals surface area contributed by atoms with Crippen molar-refractivity contribution in [2.45, 2.75) is 58.5 Å². The molecule has 27 heavy (non-hydrogen) atoms. The number of furan rings is 1. The van der Waals surface area contributed by atoms with Gasteiger partial charge in [-0.1, -0.05) is 0 Å². The highest BCUT2D eigenvalue weighted by Crippen LogP contribution is 2.53. The fourth-order valence-corrected chi connectivity index (χ4v) is 6.23. The van der Waals surface area contributed by atoms with Crippen LogP contribution < -0.4 is 5.32 Å². The average molecular weight is 432 g/mol. The number of aryl methyl sites for hydroxylation is 1. The molecule has 4 bridgehead atoms. The Balaban J connectivity index is 1.27. The van der Waals surface area contributed by atoms with Gasteiger partial charge in [-0.15, -0.1) is 0 Å². The van der Waals surface area contributed by atoms with Gasteiger partial charge in [-0.2, -0.15) is 5.10 Å². The summed E-state index contributed by atoms with van der Waals surface area (Å²) in [5.41, 5.74) is 2.02. The molecule has 0 unspecified atom stereocenters. The second-order valence-electron chi connectivity index (χ2n) is 8.84. The molecule has 1 amide bonds. The van der Waals surface area contributed by atoms with Crippen LogP contribution in [0.25, 0.3) is 0 Å². The van der Waals surface area contributed by atoms with Gasteiger partial charge in [-0.25, -0.2) is 0 Å². The number of amides is 1. The summed E-state index contributed by atoms with van der Waals surface area (Å²) in [5.74, 6) is 4.28. The molecule has 5 nitrogen and oxygen atoms in total. The third kappa shape index (κ3) is 3.06. The average Bonchev–Trinajstić information content (AvgIpc) is 3.19. The van der Waals surface area contributed by atoms with Crippen LogP contribution >= 0.6 is 15.9 Å². The molecule has 6 rings (SSSR count). The zero-order valence-corrected chi connectivity index (χ0v) is 17.5. The molecule has 4 saturated carbocycles. The summed E-state index contributed by atoms with van der Waals surface area (Å²) >= 11 is 3.55. The largest absolute Gasteiger partial charge is 0.454 e. The minimum Gasteiger partial charge on any atom is -0.454 e. The monoisotopic (exact) mass is 431 g/mol. The molecule has 2 aromatic heterocycles. The normalized spacial score (nSPS) is 31.4. The van der Waals surface area contributed by atoms with Crippen LogP contribution in [0.4, 0.5) is 0 Å². The number of nitrogens with zero attached hydrogens (tertiary/aromatic N) is 2. The van der Waals surface area contributed by atoms with Crippen molar-refractivity contribution in [2.75, 3.05) is 0 Å². The summed E-state index contributed by atoms with van der Waals surface area (Å²) in [6.45, 7) is 4.52. The molecule has 0 atom stereocenters. The van der Waals surface area contributed by atoms with Crippen LogP contribution in [-0.4, -0.2) is 21.7 Å². The Bertz CT molecular complexity index is 856. The van der Waals surface area contributed by atoms with Gasteiger partial charge in [-0.05, 0) is 97.7 Å². The lowest BCUT2D eigenvalue weighted by Crippen LogP contribution is -2.55. The molecule has 0 radical (unpaired) electrons. The van der Waals surface area contributed by atoms with Crippen molar-refractivity contribution in [3.8, 4) is 0 Å². The molecule has 1 N–H and O–H groups in total. The number of carbonyl (C=O) groups is 1. The van der Waals surface area contributed by atoms with Crippen molar-refractivity contribution < 1.29 is 9.21 Å². The van der Waals surface area contributed by atoms with E-state index in [2.05, 4.69) is 26.3 Å². The molecular weight excluding hydrogens is 406 g/mol. The topological polar surface area (TPSA) is 60.1 Å². The van der Waals surface area contributed by atoms with Gasteiger partial charge in [0.1, 0.15) is 5.76 Å².